The molecular weight excluding hydrogens is 390 g/mol. The fourth-order valence-electron chi connectivity index (χ4n) is 4.37. The van der Waals surface area contributed by atoms with E-state index in [1.54, 1.807) is 18.2 Å². The second-order valence-corrected chi connectivity index (χ2v) is 8.06. The highest BCUT2D eigenvalue weighted by Gasteiger charge is 2.64. The molecule has 2 atom stereocenters. The minimum atomic E-state index is -4.98. The second-order valence-electron chi connectivity index (χ2n) is 8.06. The number of rotatable bonds is 2. The molecule has 0 saturated carbocycles. The van der Waals surface area contributed by atoms with Crippen LogP contribution in [0.1, 0.15) is 37.4 Å². The molecule has 4 N–H and O–H groups in total. The molecule has 5 nitrogen and oxygen atoms in total. The first-order valence-electron chi connectivity index (χ1n) is 8.95. The van der Waals surface area contributed by atoms with E-state index in [1.165, 1.54) is 26.1 Å². The molecule has 2 aromatic carbocycles. The molecule has 0 saturated heterocycles. The average Bonchev–Trinajstić information content (AvgIpc) is 3.09. The van der Waals surface area contributed by atoms with E-state index in [1.807, 2.05) is 0 Å². The number of alkyl halides is 3. The minimum absolute atomic E-state index is 0.0135. The van der Waals surface area contributed by atoms with E-state index in [0.717, 1.165) is 6.07 Å². The fraction of sp³-hybridized carbons (Fsp3) is 0.350. The molecule has 1 aliphatic rings. The van der Waals surface area contributed by atoms with Crippen molar-refractivity contribution in [2.75, 3.05) is 5.32 Å². The number of aromatic amines is 1. The van der Waals surface area contributed by atoms with Crippen molar-refractivity contribution in [1.82, 2.24) is 10.2 Å². The molecule has 3 aromatic rings. The summed E-state index contributed by atoms with van der Waals surface area (Å²) in [4.78, 5) is 0. The Morgan fingerprint density at radius 1 is 1.21 bits per heavy atom. The molecule has 0 amide bonds. The van der Waals surface area contributed by atoms with Gasteiger partial charge in [0.05, 0.1) is 17.8 Å². The van der Waals surface area contributed by atoms with Gasteiger partial charge in [-0.25, -0.2) is 4.39 Å². The van der Waals surface area contributed by atoms with Crippen LogP contribution in [0.2, 0.25) is 0 Å². The average molecular weight is 409 g/mol. The van der Waals surface area contributed by atoms with Crippen LogP contribution in [0, 0.1) is 5.82 Å². The first kappa shape index (κ1) is 19.5. The van der Waals surface area contributed by atoms with Gasteiger partial charge in [0.25, 0.3) is 0 Å². The van der Waals surface area contributed by atoms with E-state index in [9.17, 15) is 27.8 Å². The molecule has 0 radical (unpaired) electrons. The zero-order valence-electron chi connectivity index (χ0n) is 15.6. The van der Waals surface area contributed by atoms with Gasteiger partial charge in [-0.15, -0.1) is 0 Å². The summed E-state index contributed by atoms with van der Waals surface area (Å²) in [7, 11) is 0. The van der Waals surface area contributed by atoms with Crippen LogP contribution in [0.4, 0.5) is 23.2 Å². The third kappa shape index (κ3) is 2.83. The summed E-state index contributed by atoms with van der Waals surface area (Å²) in [6.07, 6.45) is -4.28. The number of nitrogens with zero attached hydrogens (tertiary/aromatic N) is 1. The molecular formula is C20H19F4N3O2. The van der Waals surface area contributed by atoms with Gasteiger partial charge in [-0.1, -0.05) is 26.0 Å². The number of anilines is 1. The highest BCUT2D eigenvalue weighted by molar-refractivity contribution is 5.91. The number of nitrogens with one attached hydrogen (secondary N) is 2. The molecule has 1 heterocycles. The molecule has 0 aliphatic heterocycles. The van der Waals surface area contributed by atoms with E-state index in [2.05, 4.69) is 15.5 Å². The van der Waals surface area contributed by atoms with E-state index in [-0.39, 0.29) is 11.1 Å². The van der Waals surface area contributed by atoms with Crippen molar-refractivity contribution in [3.63, 3.8) is 0 Å². The van der Waals surface area contributed by atoms with Crippen molar-refractivity contribution >= 4 is 16.6 Å². The Hall–Kier alpha value is -2.81. The number of hydrogen-bond acceptors (Lipinski definition) is 4. The summed E-state index contributed by atoms with van der Waals surface area (Å²) in [5.74, 6) is -1.63. The number of halogens is 4. The Balaban J connectivity index is 1.95. The Morgan fingerprint density at radius 3 is 2.62 bits per heavy atom. The largest absolute Gasteiger partial charge is 0.505 e. The second kappa shape index (κ2) is 6.09. The molecule has 0 bridgehead atoms. The van der Waals surface area contributed by atoms with Crippen LogP contribution in [0.5, 0.6) is 5.75 Å². The lowest BCUT2D eigenvalue weighted by atomic mass is 9.63. The molecule has 29 heavy (non-hydrogen) atoms. The van der Waals surface area contributed by atoms with Crippen LogP contribution < -0.4 is 5.32 Å². The Morgan fingerprint density at radius 2 is 1.93 bits per heavy atom. The maximum Gasteiger partial charge on any atom is 0.419 e. The number of fused-ring (bicyclic) bond motifs is 2. The number of aromatic nitrogens is 2. The number of hydrogen-bond donors (Lipinski definition) is 4. The first-order valence-corrected chi connectivity index (χ1v) is 8.95. The Kier molecular flexibility index (Phi) is 4.10. The Bertz CT molecular complexity index is 1090. The molecule has 1 aliphatic carbocycles. The van der Waals surface area contributed by atoms with Gasteiger partial charge in [-0.05, 0) is 35.6 Å². The highest BCUT2D eigenvalue weighted by atomic mass is 19.4. The van der Waals surface area contributed by atoms with Crippen LogP contribution in [0.25, 0.3) is 10.9 Å². The van der Waals surface area contributed by atoms with Gasteiger partial charge in [0, 0.05) is 16.6 Å². The third-order valence-corrected chi connectivity index (χ3v) is 5.61. The van der Waals surface area contributed by atoms with Crippen molar-refractivity contribution in [3.05, 3.63) is 53.5 Å². The zero-order chi connectivity index (χ0) is 21.2. The predicted molar refractivity (Wildman–Crippen MR) is 99.2 cm³/mol. The number of aromatic hydroxyl groups is 1. The first-order chi connectivity index (χ1) is 13.5. The van der Waals surface area contributed by atoms with E-state index < -0.39 is 41.2 Å². The van der Waals surface area contributed by atoms with Gasteiger partial charge in [0.15, 0.2) is 17.2 Å². The lowest BCUT2D eigenvalue weighted by molar-refractivity contribution is -0.276. The van der Waals surface area contributed by atoms with Gasteiger partial charge in [-0.2, -0.15) is 18.3 Å². The maximum atomic E-state index is 14.1. The smallest absolute Gasteiger partial charge is 0.419 e. The highest BCUT2D eigenvalue weighted by Crippen LogP contribution is 2.56. The van der Waals surface area contributed by atoms with Crippen molar-refractivity contribution in [1.29, 1.82) is 0 Å². The minimum Gasteiger partial charge on any atom is -0.505 e. The van der Waals surface area contributed by atoms with Crippen molar-refractivity contribution in [2.24, 2.45) is 0 Å². The number of aliphatic hydroxyl groups is 1. The van der Waals surface area contributed by atoms with Crippen LogP contribution in [0.15, 0.2) is 36.5 Å². The van der Waals surface area contributed by atoms with Crippen molar-refractivity contribution < 1.29 is 27.8 Å². The molecule has 2 unspecified atom stereocenters. The molecule has 1 aromatic heterocycles. The zero-order valence-corrected chi connectivity index (χ0v) is 15.6. The molecule has 154 valence electrons. The van der Waals surface area contributed by atoms with E-state index in [0.29, 0.717) is 16.6 Å². The lowest BCUT2D eigenvalue weighted by Gasteiger charge is -2.49. The molecule has 0 spiro atoms. The summed E-state index contributed by atoms with van der Waals surface area (Å²) in [5.41, 5.74) is -3.53. The van der Waals surface area contributed by atoms with Gasteiger partial charge in [0.1, 0.15) is 0 Å². The van der Waals surface area contributed by atoms with E-state index in [4.69, 9.17) is 0 Å². The summed E-state index contributed by atoms with van der Waals surface area (Å²) in [5, 5.41) is 31.1. The number of H-pyrrole nitrogens is 1. The molecule has 0 fully saturated rings. The van der Waals surface area contributed by atoms with Gasteiger partial charge >= 0.3 is 6.18 Å². The number of phenols is 1. The summed E-state index contributed by atoms with van der Waals surface area (Å²) in [6.45, 7) is 2.88. The molecule has 9 heteroatoms. The SMILES string of the molecule is CC1(C)CC(O)(C(F)(F)F)C(Nc2cccc3[nH]ncc23)c2ccc(F)c(O)c21. The predicted octanol–water partition coefficient (Wildman–Crippen LogP) is 4.54. The number of phenolic OH excluding ortho intramolecular Hbond substituents is 1. The quantitative estimate of drug-likeness (QED) is 0.469. The Labute approximate surface area is 163 Å². The van der Waals surface area contributed by atoms with Gasteiger partial charge < -0.3 is 15.5 Å². The monoisotopic (exact) mass is 409 g/mol. The normalized spacial score (nSPS) is 23.8. The van der Waals surface area contributed by atoms with Gasteiger partial charge in [-0.3, -0.25) is 5.10 Å². The van der Waals surface area contributed by atoms with Crippen molar-refractivity contribution in [3.8, 4) is 5.75 Å². The van der Waals surface area contributed by atoms with Crippen molar-refractivity contribution in [2.45, 2.75) is 43.5 Å². The summed E-state index contributed by atoms with van der Waals surface area (Å²) < 4.78 is 56.3. The van der Waals surface area contributed by atoms with Crippen LogP contribution in [-0.2, 0) is 5.41 Å². The molecule has 4 rings (SSSR count). The fourth-order valence-corrected chi connectivity index (χ4v) is 4.37. The summed E-state index contributed by atoms with van der Waals surface area (Å²) in [6, 6.07) is 5.32. The maximum absolute atomic E-state index is 14.1. The summed E-state index contributed by atoms with van der Waals surface area (Å²) >= 11 is 0. The topological polar surface area (TPSA) is 81.2 Å². The van der Waals surface area contributed by atoms with E-state index >= 15 is 0 Å². The van der Waals surface area contributed by atoms with Crippen LogP contribution >= 0.6 is 0 Å². The van der Waals surface area contributed by atoms with Crippen LogP contribution in [0.3, 0.4) is 0 Å². The van der Waals surface area contributed by atoms with Crippen LogP contribution in [-0.4, -0.2) is 32.2 Å². The third-order valence-electron chi connectivity index (χ3n) is 5.61. The van der Waals surface area contributed by atoms with Gasteiger partial charge in [0.2, 0.25) is 0 Å². The standard InChI is InChI=1S/C20H19F4N3O2/c1-18(2)9-19(29,20(22,23)24)17(10-6-7-12(21)16(28)15(10)18)26-13-4-3-5-14-11(13)8-25-27-14/h3-8,17,26,28-29H,9H2,1-2H3,(H,25,27). The lowest BCUT2D eigenvalue weighted by Crippen LogP contribution is -2.58. The number of benzene rings is 2.